The van der Waals surface area contributed by atoms with Gasteiger partial charge in [0.25, 0.3) is 11.5 Å². The predicted molar refractivity (Wildman–Crippen MR) is 101 cm³/mol. The van der Waals surface area contributed by atoms with Crippen LogP contribution < -0.4 is 15.6 Å². The molecule has 0 aliphatic rings. The zero-order valence-corrected chi connectivity index (χ0v) is 16.1. The van der Waals surface area contributed by atoms with Crippen LogP contribution in [0.15, 0.2) is 44.4 Å². The lowest BCUT2D eigenvalue weighted by Gasteiger charge is -2.15. The van der Waals surface area contributed by atoms with Crippen molar-refractivity contribution in [2.24, 2.45) is 7.05 Å². The second-order valence-corrected chi connectivity index (χ2v) is 6.41. The molecule has 3 aromatic rings. The summed E-state index contributed by atoms with van der Waals surface area (Å²) in [6.45, 7) is -0.197. The highest BCUT2D eigenvalue weighted by molar-refractivity contribution is 9.10. The molecule has 146 valence electrons. The Morgan fingerprint density at radius 2 is 2.21 bits per heavy atom. The average Bonchev–Trinajstić information content (AvgIpc) is 3.18. The summed E-state index contributed by atoms with van der Waals surface area (Å²) in [5, 5.41) is 25.1. The standard InChI is InChI=1S/C17H15BrN4O6/c1-22-15(10-3-2-4-11(18)14(10)27-6-5-23)21-12(13(24)17(22)26)16(25)20-9-7-19-28-8-9/h2-4,7-8,23-24H,5-6H2,1H3,(H,20,25). The summed E-state index contributed by atoms with van der Waals surface area (Å²) >= 11 is 3.35. The minimum atomic E-state index is -0.813. The lowest BCUT2D eigenvalue weighted by atomic mass is 10.1. The Bertz CT molecular complexity index is 1060. The highest BCUT2D eigenvalue weighted by Gasteiger charge is 2.23. The van der Waals surface area contributed by atoms with Gasteiger partial charge in [-0.3, -0.25) is 14.2 Å². The summed E-state index contributed by atoms with van der Waals surface area (Å²) < 4.78 is 11.8. The van der Waals surface area contributed by atoms with Crippen molar-refractivity contribution >= 4 is 27.5 Å². The number of rotatable bonds is 6. The van der Waals surface area contributed by atoms with Gasteiger partial charge in [-0.2, -0.15) is 0 Å². The molecule has 0 bridgehead atoms. The third-order valence-electron chi connectivity index (χ3n) is 3.72. The molecule has 0 saturated carbocycles. The van der Waals surface area contributed by atoms with Gasteiger partial charge in [-0.25, -0.2) is 4.98 Å². The number of aliphatic hydroxyl groups is 1. The number of para-hydroxylation sites is 1. The molecule has 0 aliphatic heterocycles. The summed E-state index contributed by atoms with van der Waals surface area (Å²) in [5.41, 5.74) is -0.648. The maximum Gasteiger partial charge on any atom is 0.296 e. The Balaban J connectivity index is 2.13. The molecule has 0 unspecified atom stereocenters. The number of ether oxygens (including phenoxy) is 1. The highest BCUT2D eigenvalue weighted by atomic mass is 79.9. The van der Waals surface area contributed by atoms with E-state index < -0.39 is 22.9 Å². The summed E-state index contributed by atoms with van der Waals surface area (Å²) in [5.74, 6) is -1.19. The van der Waals surface area contributed by atoms with Crippen LogP contribution in [0, 0.1) is 0 Å². The Kier molecular flexibility index (Phi) is 5.76. The Morgan fingerprint density at radius 3 is 2.89 bits per heavy atom. The van der Waals surface area contributed by atoms with Gasteiger partial charge in [-0.15, -0.1) is 0 Å². The second kappa shape index (κ2) is 8.23. The molecular formula is C17H15BrN4O6. The first kappa shape index (κ1) is 19.6. The molecule has 0 saturated heterocycles. The predicted octanol–water partition coefficient (Wildman–Crippen LogP) is 1.53. The monoisotopic (exact) mass is 450 g/mol. The van der Waals surface area contributed by atoms with E-state index in [9.17, 15) is 14.7 Å². The minimum absolute atomic E-state index is 0.0163. The van der Waals surface area contributed by atoms with Crippen LogP contribution in [-0.4, -0.2) is 44.0 Å². The molecule has 0 fully saturated rings. The first-order valence-electron chi connectivity index (χ1n) is 7.97. The van der Waals surface area contributed by atoms with Gasteiger partial charge in [-0.1, -0.05) is 11.2 Å². The van der Waals surface area contributed by atoms with Gasteiger partial charge in [0.1, 0.15) is 30.1 Å². The quantitative estimate of drug-likeness (QED) is 0.513. The molecule has 3 rings (SSSR count). The van der Waals surface area contributed by atoms with Crippen molar-refractivity contribution in [3.05, 3.63) is 51.2 Å². The third-order valence-corrected chi connectivity index (χ3v) is 4.34. The number of hydrogen-bond donors (Lipinski definition) is 3. The van der Waals surface area contributed by atoms with Crippen LogP contribution >= 0.6 is 15.9 Å². The van der Waals surface area contributed by atoms with Crippen LogP contribution in [0.5, 0.6) is 11.5 Å². The number of aliphatic hydroxyl groups excluding tert-OH is 1. The SMILES string of the molecule is Cn1c(-c2cccc(Br)c2OCCO)nc(C(=O)Nc2cnoc2)c(O)c1=O. The summed E-state index contributed by atoms with van der Waals surface area (Å²) in [6.07, 6.45) is 2.44. The van der Waals surface area contributed by atoms with E-state index in [-0.39, 0.29) is 24.7 Å². The molecule has 10 nitrogen and oxygen atoms in total. The van der Waals surface area contributed by atoms with Crippen LogP contribution in [0.3, 0.4) is 0 Å². The maximum absolute atomic E-state index is 12.5. The van der Waals surface area contributed by atoms with Crippen molar-refractivity contribution in [2.45, 2.75) is 0 Å². The summed E-state index contributed by atoms with van der Waals surface area (Å²) in [6, 6.07) is 5.05. The molecule has 0 aliphatic carbocycles. The van der Waals surface area contributed by atoms with E-state index >= 15 is 0 Å². The van der Waals surface area contributed by atoms with Crippen LogP contribution in [0.4, 0.5) is 5.69 Å². The van der Waals surface area contributed by atoms with E-state index in [1.807, 2.05) is 0 Å². The van der Waals surface area contributed by atoms with Gasteiger partial charge in [-0.05, 0) is 28.1 Å². The van der Waals surface area contributed by atoms with E-state index in [1.54, 1.807) is 18.2 Å². The number of benzene rings is 1. The van der Waals surface area contributed by atoms with E-state index in [2.05, 4.69) is 35.9 Å². The van der Waals surface area contributed by atoms with Gasteiger partial charge in [0.2, 0.25) is 5.75 Å². The summed E-state index contributed by atoms with van der Waals surface area (Å²) in [4.78, 5) is 29.1. The van der Waals surface area contributed by atoms with Gasteiger partial charge in [0.15, 0.2) is 5.69 Å². The lowest BCUT2D eigenvalue weighted by molar-refractivity contribution is 0.101. The van der Waals surface area contributed by atoms with Gasteiger partial charge in [0, 0.05) is 7.05 Å². The molecule has 3 N–H and O–H groups in total. The average molecular weight is 451 g/mol. The van der Waals surface area contributed by atoms with Gasteiger partial charge >= 0.3 is 0 Å². The number of anilines is 1. The largest absolute Gasteiger partial charge is 0.501 e. The van der Waals surface area contributed by atoms with E-state index in [1.165, 1.54) is 19.5 Å². The third kappa shape index (κ3) is 3.75. The smallest absolute Gasteiger partial charge is 0.296 e. The van der Waals surface area contributed by atoms with Crippen molar-refractivity contribution in [2.75, 3.05) is 18.5 Å². The molecule has 0 atom stereocenters. The van der Waals surface area contributed by atoms with Crippen molar-refractivity contribution in [3.8, 4) is 22.9 Å². The molecule has 1 aromatic carbocycles. The van der Waals surface area contributed by atoms with E-state index in [4.69, 9.17) is 9.84 Å². The first-order valence-corrected chi connectivity index (χ1v) is 8.76. The zero-order valence-electron chi connectivity index (χ0n) is 14.5. The number of halogens is 1. The fraction of sp³-hybridized carbons (Fsp3) is 0.176. The maximum atomic E-state index is 12.5. The minimum Gasteiger partial charge on any atom is -0.501 e. The molecule has 2 aromatic heterocycles. The van der Waals surface area contributed by atoms with Crippen LogP contribution in [0.1, 0.15) is 10.5 Å². The first-order chi connectivity index (χ1) is 13.4. The number of amides is 1. The molecule has 28 heavy (non-hydrogen) atoms. The zero-order chi connectivity index (χ0) is 20.3. The molecule has 2 heterocycles. The number of aromatic nitrogens is 3. The van der Waals surface area contributed by atoms with Crippen LogP contribution in [-0.2, 0) is 7.05 Å². The van der Waals surface area contributed by atoms with Crippen molar-refractivity contribution < 1.29 is 24.3 Å². The number of carbonyl (C=O) groups excluding carboxylic acids is 1. The van der Waals surface area contributed by atoms with Crippen molar-refractivity contribution in [1.29, 1.82) is 0 Å². The molecule has 1 amide bonds. The fourth-order valence-corrected chi connectivity index (χ4v) is 2.91. The normalized spacial score (nSPS) is 10.7. The highest BCUT2D eigenvalue weighted by Crippen LogP contribution is 2.35. The number of aromatic hydroxyl groups is 1. The molecular weight excluding hydrogens is 436 g/mol. The number of carbonyl (C=O) groups is 1. The fourth-order valence-electron chi connectivity index (χ4n) is 2.43. The molecule has 0 spiro atoms. The van der Waals surface area contributed by atoms with E-state index in [0.29, 0.717) is 15.8 Å². The number of nitrogens with one attached hydrogen (secondary N) is 1. The molecule has 0 radical (unpaired) electrons. The van der Waals surface area contributed by atoms with Gasteiger partial charge in [0.05, 0.1) is 22.8 Å². The van der Waals surface area contributed by atoms with Crippen molar-refractivity contribution in [3.63, 3.8) is 0 Å². The topological polar surface area (TPSA) is 140 Å². The Hall–Kier alpha value is -3.18. The Labute approximate surface area is 166 Å². The Morgan fingerprint density at radius 1 is 1.43 bits per heavy atom. The summed E-state index contributed by atoms with van der Waals surface area (Å²) in [7, 11) is 1.41. The van der Waals surface area contributed by atoms with Crippen molar-refractivity contribution in [1.82, 2.24) is 14.7 Å². The number of nitrogens with zero attached hydrogens (tertiary/aromatic N) is 3. The van der Waals surface area contributed by atoms with Gasteiger partial charge < -0.3 is 24.8 Å². The van der Waals surface area contributed by atoms with Crippen LogP contribution in [0.2, 0.25) is 0 Å². The second-order valence-electron chi connectivity index (χ2n) is 5.55. The number of hydrogen-bond acceptors (Lipinski definition) is 8. The lowest BCUT2D eigenvalue weighted by Crippen LogP contribution is -2.25. The molecule has 11 heteroatoms. The van der Waals surface area contributed by atoms with E-state index in [0.717, 1.165) is 4.57 Å². The van der Waals surface area contributed by atoms with Crippen LogP contribution in [0.25, 0.3) is 11.4 Å².